The van der Waals surface area contributed by atoms with E-state index < -0.39 is 0 Å². The fourth-order valence-corrected chi connectivity index (χ4v) is 3.53. The zero-order valence-electron chi connectivity index (χ0n) is 20.2. The van der Waals surface area contributed by atoms with Gasteiger partial charge < -0.3 is 19.8 Å². The van der Waals surface area contributed by atoms with Crippen LogP contribution >= 0.6 is 0 Å². The number of anilines is 1. The van der Waals surface area contributed by atoms with E-state index in [0.717, 1.165) is 17.5 Å². The van der Waals surface area contributed by atoms with Gasteiger partial charge in [0.2, 0.25) is 11.8 Å². The van der Waals surface area contributed by atoms with Gasteiger partial charge in [-0.3, -0.25) is 14.4 Å². The van der Waals surface area contributed by atoms with Gasteiger partial charge in [-0.05, 0) is 55.0 Å². The summed E-state index contributed by atoms with van der Waals surface area (Å²) in [4.78, 5) is 50.4. The monoisotopic (exact) mass is 464 g/mol. The highest BCUT2D eigenvalue weighted by Gasteiger charge is 2.12. The highest BCUT2D eigenvalue weighted by atomic mass is 16.2. The molecule has 2 amide bonds. The number of carbonyl (C=O) groups is 2. The number of nitrogens with one attached hydrogen (secondary N) is 2. The third-order valence-electron chi connectivity index (χ3n) is 5.24. The summed E-state index contributed by atoms with van der Waals surface area (Å²) in [6.07, 6.45) is 9.00. The number of hydrogen-bond donors (Lipinski definition) is 2. The Morgan fingerprint density at radius 3 is 2.79 bits per heavy atom. The second-order valence-corrected chi connectivity index (χ2v) is 8.88. The summed E-state index contributed by atoms with van der Waals surface area (Å²) in [7, 11) is 3.37. The first-order chi connectivity index (χ1) is 16.2. The number of hydrogen-bond acceptors (Lipinski definition) is 5. The lowest BCUT2D eigenvalue weighted by Gasteiger charge is -2.08. The molecule has 0 saturated heterocycles. The standard InChI is InChI=1S/C25H32N6O3/c1-17(2)15-18-12-13-26-24-23(18)28-20(29-24)16-31-14-8-9-19(25(31)34)27-21(32)10-6-5-7-11-22(33)30(3)4/h7-9,11-14,17H,5-6,10,15-16H2,1-4H3,(H,27,32)(H,26,28,29)/b11-7+. The molecule has 0 fully saturated rings. The second kappa shape index (κ2) is 11.4. The molecule has 0 aliphatic carbocycles. The van der Waals surface area contributed by atoms with Gasteiger partial charge in [-0.1, -0.05) is 19.9 Å². The number of likely N-dealkylation sites (N-methyl/N-ethyl adjacent to an activating group) is 1. The highest BCUT2D eigenvalue weighted by Crippen LogP contribution is 2.18. The summed E-state index contributed by atoms with van der Waals surface area (Å²) in [5, 5.41) is 2.70. The number of amides is 2. The van der Waals surface area contributed by atoms with Crippen LogP contribution in [0.5, 0.6) is 0 Å². The molecule has 0 atom stereocenters. The number of aromatic nitrogens is 4. The summed E-state index contributed by atoms with van der Waals surface area (Å²) < 4.78 is 1.51. The van der Waals surface area contributed by atoms with Crippen LogP contribution in [0.4, 0.5) is 5.69 Å². The number of imidazole rings is 1. The lowest BCUT2D eigenvalue weighted by atomic mass is 10.0. The van der Waals surface area contributed by atoms with Gasteiger partial charge >= 0.3 is 0 Å². The first-order valence-corrected chi connectivity index (χ1v) is 11.4. The Kier molecular flexibility index (Phi) is 8.34. The van der Waals surface area contributed by atoms with Crippen molar-refractivity contribution in [3.63, 3.8) is 0 Å². The van der Waals surface area contributed by atoms with Crippen LogP contribution in [-0.2, 0) is 22.6 Å². The molecule has 180 valence electrons. The Labute approximate surface area is 198 Å². The van der Waals surface area contributed by atoms with E-state index >= 15 is 0 Å². The molecule has 0 aliphatic heterocycles. The number of unbranched alkanes of at least 4 members (excludes halogenated alkanes) is 1. The Morgan fingerprint density at radius 1 is 1.26 bits per heavy atom. The molecule has 0 aromatic carbocycles. The largest absolute Gasteiger partial charge is 0.345 e. The van der Waals surface area contributed by atoms with Crippen molar-refractivity contribution in [2.24, 2.45) is 5.92 Å². The van der Waals surface area contributed by atoms with Gasteiger partial charge in [0.05, 0.1) is 6.54 Å². The first-order valence-electron chi connectivity index (χ1n) is 11.4. The van der Waals surface area contributed by atoms with Gasteiger partial charge in [-0.2, -0.15) is 0 Å². The van der Waals surface area contributed by atoms with E-state index in [-0.39, 0.29) is 36.0 Å². The van der Waals surface area contributed by atoms with Crippen LogP contribution in [0.1, 0.15) is 44.5 Å². The Bertz CT molecular complexity index is 1240. The summed E-state index contributed by atoms with van der Waals surface area (Å²) >= 11 is 0. The van der Waals surface area contributed by atoms with Crippen LogP contribution < -0.4 is 10.9 Å². The maximum atomic E-state index is 12.9. The molecule has 9 heteroatoms. The molecule has 0 aliphatic rings. The Morgan fingerprint density at radius 2 is 2.06 bits per heavy atom. The zero-order valence-corrected chi connectivity index (χ0v) is 20.2. The Hall–Kier alpha value is -3.75. The molecule has 0 unspecified atom stereocenters. The van der Waals surface area contributed by atoms with Crippen molar-refractivity contribution in [2.75, 3.05) is 19.4 Å². The molecule has 0 spiro atoms. The van der Waals surface area contributed by atoms with E-state index in [1.807, 2.05) is 6.07 Å². The van der Waals surface area contributed by atoms with E-state index in [1.165, 1.54) is 15.5 Å². The van der Waals surface area contributed by atoms with Crippen molar-refractivity contribution in [1.82, 2.24) is 24.4 Å². The minimum absolute atomic E-state index is 0.0920. The molecule has 3 aromatic heterocycles. The predicted molar refractivity (Wildman–Crippen MR) is 133 cm³/mol. The molecule has 0 radical (unpaired) electrons. The molecule has 3 heterocycles. The lowest BCUT2D eigenvalue weighted by molar-refractivity contribution is -0.123. The van der Waals surface area contributed by atoms with Gasteiger partial charge in [0.15, 0.2) is 5.65 Å². The van der Waals surface area contributed by atoms with Gasteiger partial charge in [-0.25, -0.2) is 9.97 Å². The van der Waals surface area contributed by atoms with E-state index in [0.29, 0.717) is 30.2 Å². The van der Waals surface area contributed by atoms with Crippen molar-refractivity contribution in [3.8, 4) is 0 Å². The number of allylic oxidation sites excluding steroid dienone is 1. The van der Waals surface area contributed by atoms with E-state index in [4.69, 9.17) is 0 Å². The predicted octanol–water partition coefficient (Wildman–Crippen LogP) is 3.12. The fraction of sp³-hybridized carbons (Fsp3) is 0.400. The average Bonchev–Trinajstić information content (AvgIpc) is 3.19. The quantitative estimate of drug-likeness (QED) is 0.354. The van der Waals surface area contributed by atoms with Crippen molar-refractivity contribution in [2.45, 2.75) is 46.1 Å². The molecule has 0 saturated carbocycles. The van der Waals surface area contributed by atoms with Crippen molar-refractivity contribution < 1.29 is 9.59 Å². The van der Waals surface area contributed by atoms with E-state index in [1.54, 1.807) is 44.7 Å². The van der Waals surface area contributed by atoms with Crippen molar-refractivity contribution >= 4 is 28.7 Å². The highest BCUT2D eigenvalue weighted by molar-refractivity contribution is 5.90. The van der Waals surface area contributed by atoms with Crippen LogP contribution in [-0.4, -0.2) is 50.3 Å². The topological polar surface area (TPSA) is 113 Å². The van der Waals surface area contributed by atoms with Crippen LogP contribution in [0.3, 0.4) is 0 Å². The molecule has 0 bridgehead atoms. The van der Waals surface area contributed by atoms with E-state index in [2.05, 4.69) is 34.1 Å². The number of fused-ring (bicyclic) bond motifs is 1. The third kappa shape index (κ3) is 6.63. The second-order valence-electron chi connectivity index (χ2n) is 8.88. The van der Waals surface area contributed by atoms with Crippen LogP contribution in [0.2, 0.25) is 0 Å². The van der Waals surface area contributed by atoms with Crippen molar-refractivity contribution in [3.05, 3.63) is 64.5 Å². The minimum Gasteiger partial charge on any atom is -0.345 e. The summed E-state index contributed by atoms with van der Waals surface area (Å²) in [5.74, 6) is 0.785. The summed E-state index contributed by atoms with van der Waals surface area (Å²) in [6, 6.07) is 5.29. The molecular formula is C25H32N6O3. The number of H-pyrrole nitrogens is 1. The number of aromatic amines is 1. The SMILES string of the molecule is CC(C)Cc1ccnc2[nH]c(Cn3cccc(NC(=O)CCC/C=C/C(=O)N(C)C)c3=O)nc12. The molecular weight excluding hydrogens is 432 g/mol. The average molecular weight is 465 g/mol. The molecule has 9 nitrogen and oxygen atoms in total. The smallest absolute Gasteiger partial charge is 0.274 e. The summed E-state index contributed by atoms with van der Waals surface area (Å²) in [6.45, 7) is 4.55. The number of carbonyl (C=O) groups excluding carboxylic acids is 2. The Balaban J connectivity index is 1.63. The summed E-state index contributed by atoms with van der Waals surface area (Å²) in [5.41, 5.74) is 2.57. The molecule has 3 rings (SSSR count). The minimum atomic E-state index is -0.303. The number of nitrogens with zero attached hydrogens (tertiary/aromatic N) is 4. The van der Waals surface area contributed by atoms with Crippen molar-refractivity contribution in [1.29, 1.82) is 0 Å². The maximum Gasteiger partial charge on any atom is 0.274 e. The first kappa shape index (κ1) is 24.9. The normalized spacial score (nSPS) is 11.4. The fourth-order valence-electron chi connectivity index (χ4n) is 3.53. The third-order valence-corrected chi connectivity index (χ3v) is 5.24. The van der Waals surface area contributed by atoms with Crippen LogP contribution in [0, 0.1) is 5.92 Å². The zero-order chi connectivity index (χ0) is 24.7. The molecule has 2 N–H and O–H groups in total. The van der Waals surface area contributed by atoms with Gasteiger partial charge in [0.25, 0.3) is 5.56 Å². The van der Waals surface area contributed by atoms with Gasteiger partial charge in [0, 0.05) is 32.9 Å². The molecule has 3 aromatic rings. The maximum absolute atomic E-state index is 12.9. The van der Waals surface area contributed by atoms with Gasteiger partial charge in [-0.15, -0.1) is 0 Å². The lowest BCUT2D eigenvalue weighted by Crippen LogP contribution is -2.26. The van der Waals surface area contributed by atoms with E-state index in [9.17, 15) is 14.4 Å². The number of rotatable bonds is 10. The van der Waals surface area contributed by atoms with Crippen LogP contribution in [0.25, 0.3) is 11.2 Å². The number of pyridine rings is 2. The van der Waals surface area contributed by atoms with Crippen LogP contribution in [0.15, 0.2) is 47.5 Å². The molecule has 34 heavy (non-hydrogen) atoms. The van der Waals surface area contributed by atoms with Gasteiger partial charge in [0.1, 0.15) is 17.0 Å².